The Labute approximate surface area is 117 Å². The molecule has 0 amide bonds. The lowest BCUT2D eigenvalue weighted by molar-refractivity contribution is 0.347. The fourth-order valence-electron chi connectivity index (χ4n) is 1.81. The molecule has 18 heavy (non-hydrogen) atoms. The predicted octanol–water partition coefficient (Wildman–Crippen LogP) is 4.50. The van der Waals surface area contributed by atoms with Crippen LogP contribution in [-0.2, 0) is 6.42 Å². The summed E-state index contributed by atoms with van der Waals surface area (Å²) in [4.78, 5) is 1.40. The van der Waals surface area contributed by atoms with Crippen molar-refractivity contribution in [1.82, 2.24) is 0 Å². The van der Waals surface area contributed by atoms with Gasteiger partial charge in [0.05, 0.1) is 0 Å². The molecule has 0 heterocycles. The summed E-state index contributed by atoms with van der Waals surface area (Å²) < 4.78 is 0. The van der Waals surface area contributed by atoms with E-state index in [4.69, 9.17) is 5.73 Å². The maximum Gasteiger partial charge on any atom is 0.00748 e. The molecule has 0 aliphatic heterocycles. The van der Waals surface area contributed by atoms with Crippen LogP contribution in [0.4, 0.5) is 0 Å². The van der Waals surface area contributed by atoms with E-state index in [0.29, 0.717) is 5.41 Å². The maximum absolute atomic E-state index is 5.56. The smallest absolute Gasteiger partial charge is 0.00748 e. The van der Waals surface area contributed by atoms with E-state index in [-0.39, 0.29) is 0 Å². The lowest BCUT2D eigenvalue weighted by atomic mass is 9.87. The molecular weight excluding hydrogens is 238 g/mol. The zero-order valence-electron chi connectivity index (χ0n) is 12.0. The van der Waals surface area contributed by atoms with E-state index < -0.39 is 0 Å². The summed E-state index contributed by atoms with van der Waals surface area (Å²) in [6.07, 6.45) is 4.69. The zero-order chi connectivity index (χ0) is 13.4. The molecule has 102 valence electrons. The molecule has 0 saturated heterocycles. The topological polar surface area (TPSA) is 26.0 Å². The Hall–Kier alpha value is -0.470. The molecule has 0 atom stereocenters. The monoisotopic (exact) mass is 265 g/mol. The fraction of sp³-hybridized carbons (Fsp3) is 0.625. The largest absolute Gasteiger partial charge is 0.330 e. The van der Waals surface area contributed by atoms with Gasteiger partial charge in [-0.3, -0.25) is 0 Å². The number of hydrogen-bond acceptors (Lipinski definition) is 2. The fourth-order valence-corrected chi connectivity index (χ4v) is 3.14. The van der Waals surface area contributed by atoms with Crippen LogP contribution in [0.2, 0.25) is 0 Å². The molecule has 1 rings (SSSR count). The van der Waals surface area contributed by atoms with Crippen LogP contribution < -0.4 is 5.73 Å². The third kappa shape index (κ3) is 5.03. The second-order valence-electron chi connectivity index (χ2n) is 5.35. The third-order valence-corrected chi connectivity index (χ3v) is 5.29. The highest BCUT2D eigenvalue weighted by Crippen LogP contribution is 2.33. The molecule has 2 N–H and O–H groups in total. The van der Waals surface area contributed by atoms with Crippen molar-refractivity contribution in [3.63, 3.8) is 0 Å². The van der Waals surface area contributed by atoms with E-state index in [1.807, 2.05) is 11.8 Å². The Morgan fingerprint density at radius 2 is 1.94 bits per heavy atom. The van der Waals surface area contributed by atoms with Crippen LogP contribution in [-0.4, -0.2) is 12.3 Å². The summed E-state index contributed by atoms with van der Waals surface area (Å²) >= 11 is 1.99. The molecule has 0 unspecified atom stereocenters. The van der Waals surface area contributed by atoms with Gasteiger partial charge in [-0.15, -0.1) is 11.8 Å². The molecule has 0 fully saturated rings. The van der Waals surface area contributed by atoms with Crippen molar-refractivity contribution in [3.05, 3.63) is 29.8 Å². The lowest BCUT2D eigenvalue weighted by Gasteiger charge is -2.26. The Bertz CT molecular complexity index is 345. The van der Waals surface area contributed by atoms with Gasteiger partial charge in [-0.1, -0.05) is 32.9 Å². The molecule has 0 aromatic heterocycles. The third-order valence-electron chi connectivity index (χ3n) is 3.86. The van der Waals surface area contributed by atoms with Gasteiger partial charge in [0.25, 0.3) is 0 Å². The molecule has 1 aromatic carbocycles. The second kappa shape index (κ2) is 7.85. The van der Waals surface area contributed by atoms with Crippen LogP contribution in [0.5, 0.6) is 0 Å². The van der Waals surface area contributed by atoms with Crippen molar-refractivity contribution in [1.29, 1.82) is 0 Å². The van der Waals surface area contributed by atoms with Crippen molar-refractivity contribution in [2.75, 3.05) is 12.3 Å². The van der Waals surface area contributed by atoms with Gasteiger partial charge < -0.3 is 5.73 Å². The summed E-state index contributed by atoms with van der Waals surface area (Å²) in [5.74, 6) is 1.21. The molecular formula is C16H27NS. The first-order valence-electron chi connectivity index (χ1n) is 7.05. The van der Waals surface area contributed by atoms with Crippen LogP contribution in [0.3, 0.4) is 0 Å². The first-order chi connectivity index (χ1) is 8.63. The average Bonchev–Trinajstić information content (AvgIpc) is 2.43. The summed E-state index contributed by atoms with van der Waals surface area (Å²) in [5, 5.41) is 0. The van der Waals surface area contributed by atoms with Crippen molar-refractivity contribution in [2.24, 2.45) is 11.1 Å². The molecule has 0 radical (unpaired) electrons. The van der Waals surface area contributed by atoms with E-state index in [1.165, 1.54) is 29.1 Å². The van der Waals surface area contributed by atoms with Crippen molar-refractivity contribution in [2.45, 2.75) is 51.3 Å². The van der Waals surface area contributed by atoms with Gasteiger partial charge in [0.1, 0.15) is 0 Å². The second-order valence-corrected chi connectivity index (χ2v) is 6.39. The minimum atomic E-state index is 0.470. The van der Waals surface area contributed by atoms with Crippen molar-refractivity contribution in [3.8, 4) is 0 Å². The Morgan fingerprint density at radius 3 is 2.56 bits per heavy atom. The van der Waals surface area contributed by atoms with Gasteiger partial charge in [0, 0.05) is 10.6 Å². The van der Waals surface area contributed by atoms with Gasteiger partial charge >= 0.3 is 0 Å². The van der Waals surface area contributed by atoms with E-state index in [2.05, 4.69) is 45.0 Å². The van der Waals surface area contributed by atoms with E-state index >= 15 is 0 Å². The molecule has 0 aliphatic rings. The van der Waals surface area contributed by atoms with Gasteiger partial charge in [-0.05, 0) is 55.3 Å². The highest BCUT2D eigenvalue weighted by atomic mass is 32.2. The highest BCUT2D eigenvalue weighted by molar-refractivity contribution is 7.99. The molecule has 2 heteroatoms. The SMILES string of the molecule is CCC(C)(CC)CSc1cccc(CCCN)c1. The van der Waals surface area contributed by atoms with Crippen LogP contribution in [0.1, 0.15) is 45.6 Å². The summed E-state index contributed by atoms with van der Waals surface area (Å²) in [6.45, 7) is 7.75. The Morgan fingerprint density at radius 1 is 1.22 bits per heavy atom. The molecule has 0 bridgehead atoms. The van der Waals surface area contributed by atoms with Crippen LogP contribution in [0.25, 0.3) is 0 Å². The number of aryl methyl sites for hydroxylation is 1. The molecule has 0 saturated carbocycles. The highest BCUT2D eigenvalue weighted by Gasteiger charge is 2.19. The number of benzene rings is 1. The minimum absolute atomic E-state index is 0.470. The number of rotatable bonds is 8. The first kappa shape index (κ1) is 15.6. The lowest BCUT2D eigenvalue weighted by Crippen LogP contribution is -2.16. The van der Waals surface area contributed by atoms with Crippen LogP contribution >= 0.6 is 11.8 Å². The summed E-state index contributed by atoms with van der Waals surface area (Å²) in [6, 6.07) is 8.93. The minimum Gasteiger partial charge on any atom is -0.330 e. The van der Waals surface area contributed by atoms with Gasteiger partial charge in [-0.2, -0.15) is 0 Å². The van der Waals surface area contributed by atoms with Crippen molar-refractivity contribution < 1.29 is 0 Å². The number of nitrogens with two attached hydrogens (primary N) is 1. The average molecular weight is 265 g/mol. The summed E-state index contributed by atoms with van der Waals surface area (Å²) in [7, 11) is 0. The predicted molar refractivity (Wildman–Crippen MR) is 83.2 cm³/mol. The normalized spacial score (nSPS) is 11.8. The van der Waals surface area contributed by atoms with E-state index in [0.717, 1.165) is 19.4 Å². The first-order valence-corrected chi connectivity index (χ1v) is 8.04. The van der Waals surface area contributed by atoms with E-state index in [9.17, 15) is 0 Å². The molecule has 0 spiro atoms. The number of thioether (sulfide) groups is 1. The standard InChI is InChI=1S/C16H27NS/c1-4-16(3,5-2)13-18-15-10-6-8-14(12-15)9-7-11-17/h6,8,10,12H,4-5,7,9,11,13,17H2,1-3H3. The Kier molecular flexibility index (Phi) is 6.80. The molecule has 1 nitrogen and oxygen atoms in total. The van der Waals surface area contributed by atoms with Crippen molar-refractivity contribution >= 4 is 11.8 Å². The summed E-state index contributed by atoms with van der Waals surface area (Å²) in [5.41, 5.74) is 7.45. The van der Waals surface area contributed by atoms with Gasteiger partial charge in [-0.25, -0.2) is 0 Å². The quantitative estimate of drug-likeness (QED) is 0.701. The molecule has 1 aromatic rings. The zero-order valence-corrected chi connectivity index (χ0v) is 12.9. The molecule has 0 aliphatic carbocycles. The number of hydrogen-bond donors (Lipinski definition) is 1. The Balaban J connectivity index is 2.56. The van der Waals surface area contributed by atoms with Crippen LogP contribution in [0, 0.1) is 5.41 Å². The maximum atomic E-state index is 5.56. The van der Waals surface area contributed by atoms with Gasteiger partial charge in [0.15, 0.2) is 0 Å². The van der Waals surface area contributed by atoms with Crippen LogP contribution in [0.15, 0.2) is 29.2 Å². The van der Waals surface area contributed by atoms with Gasteiger partial charge in [0.2, 0.25) is 0 Å². The van der Waals surface area contributed by atoms with E-state index in [1.54, 1.807) is 0 Å².